The van der Waals surface area contributed by atoms with Gasteiger partial charge in [0.2, 0.25) is 5.91 Å². The van der Waals surface area contributed by atoms with Crippen LogP contribution >= 0.6 is 0 Å². The number of hydrogen-bond acceptors (Lipinski definition) is 4. The summed E-state index contributed by atoms with van der Waals surface area (Å²) < 4.78 is 4.91. The van der Waals surface area contributed by atoms with Crippen molar-refractivity contribution in [1.82, 2.24) is 4.90 Å². The van der Waals surface area contributed by atoms with E-state index in [0.717, 1.165) is 37.7 Å². The SMILES string of the molecule is CCOC(=O)CCCCCCN1C(=O)CC[C@@H]1/C=C/C(=O)Cc1ccccc1. The first-order valence-electron chi connectivity index (χ1n) is 10.3. The van der Waals surface area contributed by atoms with Crippen LogP contribution in [0.2, 0.25) is 0 Å². The van der Waals surface area contributed by atoms with Gasteiger partial charge < -0.3 is 9.64 Å². The van der Waals surface area contributed by atoms with Crippen LogP contribution in [0.25, 0.3) is 0 Å². The first kappa shape index (κ1) is 21.9. The molecule has 0 spiro atoms. The largest absolute Gasteiger partial charge is 0.466 e. The molecule has 0 saturated carbocycles. The van der Waals surface area contributed by atoms with Crippen molar-refractivity contribution < 1.29 is 19.1 Å². The van der Waals surface area contributed by atoms with Crippen LogP contribution < -0.4 is 0 Å². The summed E-state index contributed by atoms with van der Waals surface area (Å²) in [5, 5.41) is 0. The lowest BCUT2D eigenvalue weighted by Crippen LogP contribution is -2.32. The third kappa shape index (κ3) is 7.67. The molecular weight excluding hydrogens is 354 g/mol. The van der Waals surface area contributed by atoms with Gasteiger partial charge in [-0.3, -0.25) is 14.4 Å². The van der Waals surface area contributed by atoms with Crippen LogP contribution in [-0.2, 0) is 25.5 Å². The zero-order valence-electron chi connectivity index (χ0n) is 16.8. The fourth-order valence-corrected chi connectivity index (χ4v) is 3.46. The molecule has 0 radical (unpaired) electrons. The zero-order valence-corrected chi connectivity index (χ0v) is 16.8. The highest BCUT2D eigenvalue weighted by Gasteiger charge is 2.28. The van der Waals surface area contributed by atoms with E-state index in [-0.39, 0.29) is 23.7 Å². The van der Waals surface area contributed by atoms with Gasteiger partial charge in [-0.1, -0.05) is 49.2 Å². The number of ether oxygens (including phenoxy) is 1. The van der Waals surface area contributed by atoms with E-state index in [1.165, 1.54) is 0 Å². The summed E-state index contributed by atoms with van der Waals surface area (Å²) in [6.45, 7) is 2.95. The molecule has 0 aromatic heterocycles. The molecular formula is C23H31NO4. The standard InChI is InChI=1S/C23H31NO4/c1-2-28-23(27)12-8-3-4-9-17-24-20(14-16-22(24)26)13-15-21(25)18-19-10-6-5-7-11-19/h5-7,10-11,13,15,20H,2-4,8-9,12,14,16-18H2,1H3/b15-13+/t20-/m0/s1. The zero-order chi connectivity index (χ0) is 20.2. The predicted octanol–water partition coefficient (Wildman–Crippen LogP) is 3.86. The number of rotatable bonds is 12. The molecule has 1 aromatic rings. The van der Waals surface area contributed by atoms with Crippen LogP contribution in [0.5, 0.6) is 0 Å². The van der Waals surface area contributed by atoms with Gasteiger partial charge in [0.05, 0.1) is 12.6 Å². The van der Waals surface area contributed by atoms with Crippen molar-refractivity contribution in [2.45, 2.75) is 64.3 Å². The van der Waals surface area contributed by atoms with Crippen molar-refractivity contribution in [3.63, 3.8) is 0 Å². The van der Waals surface area contributed by atoms with E-state index in [0.29, 0.717) is 32.4 Å². The Bertz CT molecular complexity index is 668. The lowest BCUT2D eigenvalue weighted by atomic mass is 10.1. The first-order chi connectivity index (χ1) is 13.6. The number of esters is 1. The van der Waals surface area contributed by atoms with E-state index in [2.05, 4.69) is 0 Å². The smallest absolute Gasteiger partial charge is 0.305 e. The van der Waals surface area contributed by atoms with Crippen molar-refractivity contribution in [3.8, 4) is 0 Å². The lowest BCUT2D eigenvalue weighted by Gasteiger charge is -2.22. The average molecular weight is 386 g/mol. The molecule has 2 rings (SSSR count). The highest BCUT2D eigenvalue weighted by molar-refractivity contribution is 5.91. The van der Waals surface area contributed by atoms with Gasteiger partial charge in [-0.2, -0.15) is 0 Å². The molecule has 0 unspecified atom stereocenters. The number of benzene rings is 1. The first-order valence-corrected chi connectivity index (χ1v) is 10.3. The number of allylic oxidation sites excluding steroid dienone is 1. The molecule has 152 valence electrons. The molecule has 1 aliphatic rings. The molecule has 0 N–H and O–H groups in total. The Kier molecular flexibility index (Phi) is 9.46. The van der Waals surface area contributed by atoms with Crippen molar-refractivity contribution in [2.75, 3.05) is 13.2 Å². The number of likely N-dealkylation sites (tertiary alicyclic amines) is 1. The summed E-state index contributed by atoms with van der Waals surface area (Å²) in [4.78, 5) is 37.5. The van der Waals surface area contributed by atoms with Crippen LogP contribution in [-0.4, -0.2) is 41.8 Å². The van der Waals surface area contributed by atoms with Crippen LogP contribution in [0.3, 0.4) is 0 Å². The molecule has 5 heteroatoms. The molecule has 1 amide bonds. The lowest BCUT2D eigenvalue weighted by molar-refractivity contribution is -0.143. The van der Waals surface area contributed by atoms with E-state index >= 15 is 0 Å². The van der Waals surface area contributed by atoms with Crippen molar-refractivity contribution in [1.29, 1.82) is 0 Å². The minimum atomic E-state index is -0.136. The maximum absolute atomic E-state index is 12.2. The Morgan fingerprint density at radius 3 is 2.64 bits per heavy atom. The Balaban J connectivity index is 1.70. The third-order valence-electron chi connectivity index (χ3n) is 4.94. The van der Waals surface area contributed by atoms with E-state index in [9.17, 15) is 14.4 Å². The molecule has 1 aromatic carbocycles. The number of unbranched alkanes of at least 4 members (excludes halogenated alkanes) is 3. The number of carbonyl (C=O) groups excluding carboxylic acids is 3. The van der Waals surface area contributed by atoms with Gasteiger partial charge in [0, 0.05) is 25.8 Å². The molecule has 1 aliphatic heterocycles. The number of amides is 1. The molecule has 5 nitrogen and oxygen atoms in total. The molecule has 1 heterocycles. The van der Waals surface area contributed by atoms with Crippen molar-refractivity contribution >= 4 is 17.7 Å². The monoisotopic (exact) mass is 385 g/mol. The number of carbonyl (C=O) groups is 3. The maximum Gasteiger partial charge on any atom is 0.305 e. The Hall–Kier alpha value is -2.43. The van der Waals surface area contributed by atoms with Crippen LogP contribution in [0.15, 0.2) is 42.5 Å². The minimum Gasteiger partial charge on any atom is -0.466 e. The summed E-state index contributed by atoms with van der Waals surface area (Å²) >= 11 is 0. The molecule has 1 fully saturated rings. The van der Waals surface area contributed by atoms with Gasteiger partial charge in [0.1, 0.15) is 0 Å². The van der Waals surface area contributed by atoms with Gasteiger partial charge >= 0.3 is 5.97 Å². The summed E-state index contributed by atoms with van der Waals surface area (Å²) in [6, 6.07) is 9.69. The second-order valence-corrected chi connectivity index (χ2v) is 7.15. The third-order valence-corrected chi connectivity index (χ3v) is 4.94. The minimum absolute atomic E-state index is 0.0201. The molecule has 1 saturated heterocycles. The normalized spacial score (nSPS) is 16.7. The van der Waals surface area contributed by atoms with E-state index in [1.54, 1.807) is 6.08 Å². The van der Waals surface area contributed by atoms with Crippen LogP contribution in [0, 0.1) is 0 Å². The summed E-state index contributed by atoms with van der Waals surface area (Å²) in [5.74, 6) is 0.0868. The van der Waals surface area contributed by atoms with Crippen LogP contribution in [0.1, 0.15) is 57.4 Å². The molecule has 1 atom stereocenters. The molecule has 0 bridgehead atoms. The van der Waals surface area contributed by atoms with Gasteiger partial charge in [-0.15, -0.1) is 0 Å². The Labute approximate surface area is 167 Å². The topological polar surface area (TPSA) is 63.7 Å². The summed E-state index contributed by atoms with van der Waals surface area (Å²) in [7, 11) is 0. The summed E-state index contributed by atoms with van der Waals surface area (Å²) in [5.41, 5.74) is 0.999. The number of hydrogen-bond donors (Lipinski definition) is 0. The highest BCUT2D eigenvalue weighted by Crippen LogP contribution is 2.21. The Morgan fingerprint density at radius 1 is 1.14 bits per heavy atom. The predicted molar refractivity (Wildman–Crippen MR) is 109 cm³/mol. The maximum atomic E-state index is 12.2. The van der Waals surface area contributed by atoms with Gasteiger partial charge in [0.15, 0.2) is 5.78 Å². The van der Waals surface area contributed by atoms with Crippen molar-refractivity contribution in [2.24, 2.45) is 0 Å². The van der Waals surface area contributed by atoms with E-state index < -0.39 is 0 Å². The summed E-state index contributed by atoms with van der Waals surface area (Å²) in [6.07, 6.45) is 9.36. The highest BCUT2D eigenvalue weighted by atomic mass is 16.5. The second-order valence-electron chi connectivity index (χ2n) is 7.15. The van der Waals surface area contributed by atoms with Gasteiger partial charge in [0.25, 0.3) is 0 Å². The van der Waals surface area contributed by atoms with Crippen molar-refractivity contribution in [3.05, 3.63) is 48.0 Å². The average Bonchev–Trinajstić information content (AvgIpc) is 3.03. The van der Waals surface area contributed by atoms with E-state index in [1.807, 2.05) is 48.2 Å². The quantitative estimate of drug-likeness (QED) is 0.311. The van der Waals surface area contributed by atoms with Crippen LogP contribution in [0.4, 0.5) is 0 Å². The Morgan fingerprint density at radius 2 is 1.89 bits per heavy atom. The second kappa shape index (κ2) is 12.1. The molecule has 0 aliphatic carbocycles. The fraction of sp³-hybridized carbons (Fsp3) is 0.522. The number of nitrogens with zero attached hydrogens (tertiary/aromatic N) is 1. The molecule has 28 heavy (non-hydrogen) atoms. The van der Waals surface area contributed by atoms with Gasteiger partial charge in [-0.05, 0) is 37.8 Å². The van der Waals surface area contributed by atoms with E-state index in [4.69, 9.17) is 4.74 Å². The van der Waals surface area contributed by atoms with Gasteiger partial charge in [-0.25, -0.2) is 0 Å². The fourth-order valence-electron chi connectivity index (χ4n) is 3.46. The number of ketones is 1.